The van der Waals surface area contributed by atoms with Crippen LogP contribution in [0.2, 0.25) is 5.02 Å². The molecule has 126 valence electrons. The topological polar surface area (TPSA) is 53.1 Å². The first-order chi connectivity index (χ1) is 12.1. The maximum absolute atomic E-state index is 6.29. The van der Waals surface area contributed by atoms with Crippen molar-refractivity contribution in [3.8, 4) is 23.2 Å². The number of rotatable bonds is 4. The number of hydrogen-bond acceptors (Lipinski definition) is 4. The Bertz CT molecular complexity index is 1040. The summed E-state index contributed by atoms with van der Waals surface area (Å²) in [5.41, 5.74) is 1.77. The van der Waals surface area contributed by atoms with Gasteiger partial charge in [0.2, 0.25) is 0 Å². The number of hydrogen-bond donors (Lipinski definition) is 0. The fraction of sp³-hybridized carbons (Fsp3) is 0.158. The van der Waals surface area contributed by atoms with Gasteiger partial charge < -0.3 is 9.26 Å². The second-order valence-electron chi connectivity index (χ2n) is 5.96. The summed E-state index contributed by atoms with van der Waals surface area (Å²) in [7, 11) is 0. The van der Waals surface area contributed by atoms with Gasteiger partial charge in [0.15, 0.2) is 0 Å². The van der Waals surface area contributed by atoms with Gasteiger partial charge in [-0.25, -0.2) is 0 Å². The van der Waals surface area contributed by atoms with E-state index in [-0.39, 0.29) is 6.10 Å². The van der Waals surface area contributed by atoms with Crippen molar-refractivity contribution < 1.29 is 9.26 Å². The molecular weight excluding hydrogens is 338 g/mol. The Kier molecular flexibility index (Phi) is 3.93. The average Bonchev–Trinajstić information content (AvgIpc) is 3.22. The van der Waals surface area contributed by atoms with E-state index in [9.17, 15) is 0 Å². The van der Waals surface area contributed by atoms with E-state index in [1.54, 1.807) is 6.07 Å². The van der Waals surface area contributed by atoms with Crippen LogP contribution in [0.1, 0.15) is 13.8 Å². The number of benzene rings is 2. The first-order valence-corrected chi connectivity index (χ1v) is 8.36. The molecule has 0 N–H and O–H groups in total. The first-order valence-electron chi connectivity index (χ1n) is 7.98. The van der Waals surface area contributed by atoms with Crippen molar-refractivity contribution in [2.45, 2.75) is 20.0 Å². The van der Waals surface area contributed by atoms with Gasteiger partial charge in [0, 0.05) is 17.1 Å². The molecule has 2 heterocycles. The predicted molar refractivity (Wildman–Crippen MR) is 97.3 cm³/mol. The maximum atomic E-state index is 6.29. The number of fused-ring (bicyclic) bond motifs is 1. The Balaban J connectivity index is 1.68. The van der Waals surface area contributed by atoms with Gasteiger partial charge in [0.1, 0.15) is 5.75 Å². The minimum absolute atomic E-state index is 0.0559. The first kappa shape index (κ1) is 15.7. The maximum Gasteiger partial charge on any atom is 0.275 e. The minimum atomic E-state index is 0.0559. The SMILES string of the molecule is CC(C)Oc1ccc(-c2nc(-n3ccc4ccccc43)no2)cc1Cl. The zero-order valence-electron chi connectivity index (χ0n) is 13.8. The summed E-state index contributed by atoms with van der Waals surface area (Å²) in [6.07, 6.45) is 1.98. The standard InChI is InChI=1S/C19H16ClN3O2/c1-12(2)24-17-8-7-14(11-15(17)20)18-21-19(22-25-18)23-10-9-13-5-3-4-6-16(13)23/h3-12H,1-2H3. The van der Waals surface area contributed by atoms with Crippen molar-refractivity contribution in [2.75, 3.05) is 0 Å². The van der Waals surface area contributed by atoms with E-state index < -0.39 is 0 Å². The molecule has 2 aromatic heterocycles. The van der Waals surface area contributed by atoms with E-state index in [4.69, 9.17) is 20.9 Å². The van der Waals surface area contributed by atoms with Crippen LogP contribution >= 0.6 is 11.6 Å². The summed E-state index contributed by atoms with van der Waals surface area (Å²) in [6, 6.07) is 15.5. The highest BCUT2D eigenvalue weighted by molar-refractivity contribution is 6.32. The van der Waals surface area contributed by atoms with Crippen molar-refractivity contribution in [3.63, 3.8) is 0 Å². The van der Waals surface area contributed by atoms with Gasteiger partial charge in [-0.15, -0.1) is 0 Å². The summed E-state index contributed by atoms with van der Waals surface area (Å²) in [5.74, 6) is 1.53. The Morgan fingerprint density at radius 2 is 1.96 bits per heavy atom. The lowest BCUT2D eigenvalue weighted by Gasteiger charge is -2.11. The third kappa shape index (κ3) is 2.98. The van der Waals surface area contributed by atoms with Crippen molar-refractivity contribution in [3.05, 3.63) is 59.8 Å². The Morgan fingerprint density at radius 3 is 2.76 bits per heavy atom. The number of aromatic nitrogens is 3. The monoisotopic (exact) mass is 353 g/mol. The highest BCUT2D eigenvalue weighted by atomic mass is 35.5. The smallest absolute Gasteiger partial charge is 0.275 e. The molecule has 25 heavy (non-hydrogen) atoms. The zero-order chi connectivity index (χ0) is 17.4. The van der Waals surface area contributed by atoms with Crippen LogP contribution in [0.15, 0.2) is 59.3 Å². The van der Waals surface area contributed by atoms with E-state index >= 15 is 0 Å². The molecule has 0 unspecified atom stereocenters. The van der Waals surface area contributed by atoms with Crippen LogP contribution in [0.5, 0.6) is 5.75 Å². The van der Waals surface area contributed by atoms with Crippen LogP contribution in [0.4, 0.5) is 0 Å². The summed E-state index contributed by atoms with van der Waals surface area (Å²) >= 11 is 6.29. The Labute approximate surface area is 149 Å². The number of para-hydroxylation sites is 1. The zero-order valence-corrected chi connectivity index (χ0v) is 14.6. The van der Waals surface area contributed by atoms with Crippen molar-refractivity contribution >= 4 is 22.5 Å². The number of halogens is 1. The molecule has 6 heteroatoms. The molecule has 0 fully saturated rings. The lowest BCUT2D eigenvalue weighted by atomic mass is 10.2. The second kappa shape index (κ2) is 6.26. The fourth-order valence-corrected chi connectivity index (χ4v) is 2.90. The summed E-state index contributed by atoms with van der Waals surface area (Å²) in [6.45, 7) is 3.91. The van der Waals surface area contributed by atoms with Gasteiger partial charge in [0.25, 0.3) is 11.8 Å². The molecule has 4 rings (SSSR count). The Hall–Kier alpha value is -2.79. The lowest BCUT2D eigenvalue weighted by Crippen LogP contribution is -2.05. The molecule has 0 bridgehead atoms. The van der Waals surface area contributed by atoms with E-state index in [0.29, 0.717) is 22.6 Å². The van der Waals surface area contributed by atoms with Crippen molar-refractivity contribution in [1.82, 2.24) is 14.7 Å². The molecule has 5 nitrogen and oxygen atoms in total. The van der Waals surface area contributed by atoms with Gasteiger partial charge in [-0.2, -0.15) is 4.98 Å². The third-order valence-electron chi connectivity index (χ3n) is 3.77. The van der Waals surface area contributed by atoms with E-state index in [2.05, 4.69) is 10.1 Å². The molecular formula is C19H16ClN3O2. The van der Waals surface area contributed by atoms with Crippen LogP contribution in [0, 0.1) is 0 Å². The van der Waals surface area contributed by atoms with Crippen molar-refractivity contribution in [2.24, 2.45) is 0 Å². The summed E-state index contributed by atoms with van der Waals surface area (Å²) in [5, 5.41) is 5.72. The highest BCUT2D eigenvalue weighted by Gasteiger charge is 2.14. The number of nitrogens with zero attached hydrogens (tertiary/aromatic N) is 3. The predicted octanol–water partition coefficient (Wildman–Crippen LogP) is 5.12. The van der Waals surface area contributed by atoms with E-state index in [1.165, 1.54) is 0 Å². The van der Waals surface area contributed by atoms with Crippen LogP contribution < -0.4 is 4.74 Å². The summed E-state index contributed by atoms with van der Waals surface area (Å²) in [4.78, 5) is 4.49. The molecule has 0 amide bonds. The molecule has 0 aliphatic carbocycles. The average molecular weight is 354 g/mol. The third-order valence-corrected chi connectivity index (χ3v) is 4.07. The van der Waals surface area contributed by atoms with Gasteiger partial charge in [-0.3, -0.25) is 4.57 Å². The molecule has 0 saturated heterocycles. The number of ether oxygens (including phenoxy) is 1. The molecule has 4 aromatic rings. The molecule has 2 aromatic carbocycles. The molecule has 0 saturated carbocycles. The molecule has 0 spiro atoms. The van der Waals surface area contributed by atoms with Crippen LogP contribution in [-0.4, -0.2) is 20.8 Å². The Morgan fingerprint density at radius 1 is 1.12 bits per heavy atom. The van der Waals surface area contributed by atoms with E-state index in [0.717, 1.165) is 16.5 Å². The molecule has 0 atom stereocenters. The second-order valence-corrected chi connectivity index (χ2v) is 6.36. The van der Waals surface area contributed by atoms with Crippen LogP contribution in [-0.2, 0) is 0 Å². The lowest BCUT2D eigenvalue weighted by molar-refractivity contribution is 0.242. The molecule has 0 aliphatic rings. The van der Waals surface area contributed by atoms with Gasteiger partial charge >= 0.3 is 0 Å². The highest BCUT2D eigenvalue weighted by Crippen LogP contribution is 2.31. The summed E-state index contributed by atoms with van der Waals surface area (Å²) < 4.78 is 13.0. The quantitative estimate of drug-likeness (QED) is 0.511. The largest absolute Gasteiger partial charge is 0.489 e. The van der Waals surface area contributed by atoms with Gasteiger partial charge in [-0.05, 0) is 49.3 Å². The van der Waals surface area contributed by atoms with Gasteiger partial charge in [-0.1, -0.05) is 29.8 Å². The minimum Gasteiger partial charge on any atom is -0.489 e. The molecule has 0 aliphatic heterocycles. The van der Waals surface area contributed by atoms with Crippen LogP contribution in [0.25, 0.3) is 28.3 Å². The normalized spacial score (nSPS) is 11.4. The van der Waals surface area contributed by atoms with Gasteiger partial charge in [0.05, 0.1) is 16.6 Å². The van der Waals surface area contributed by atoms with Crippen LogP contribution in [0.3, 0.4) is 0 Å². The van der Waals surface area contributed by atoms with Crippen molar-refractivity contribution in [1.29, 1.82) is 0 Å². The fourth-order valence-electron chi connectivity index (χ4n) is 2.67. The van der Waals surface area contributed by atoms with E-state index in [1.807, 2.05) is 67.1 Å². The molecule has 0 radical (unpaired) electrons.